The number of benzene rings is 1. The first-order valence-electron chi connectivity index (χ1n) is 8.11. The van der Waals surface area contributed by atoms with Crippen molar-refractivity contribution >= 4 is 61.4 Å². The van der Waals surface area contributed by atoms with Crippen molar-refractivity contribution in [3.05, 3.63) is 28.7 Å². The maximum Gasteiger partial charge on any atom is 0.191 e. The number of guanidine groups is 1. The van der Waals surface area contributed by atoms with Crippen LogP contribution in [0.3, 0.4) is 0 Å². The molecule has 1 aromatic rings. The number of hydrogen-bond acceptors (Lipinski definition) is 4. The predicted molar refractivity (Wildman–Crippen MR) is 119 cm³/mol. The zero-order valence-corrected chi connectivity index (χ0v) is 19.3. The Kier molecular flexibility index (Phi) is 9.50. The maximum atomic E-state index is 11.5. The van der Waals surface area contributed by atoms with Crippen molar-refractivity contribution in [2.75, 3.05) is 43.1 Å². The largest absolute Gasteiger partial charge is 0.369 e. The first kappa shape index (κ1) is 22.5. The van der Waals surface area contributed by atoms with Crippen LogP contribution in [0.2, 0.25) is 0 Å². The molecule has 1 fully saturated rings. The molecule has 0 aromatic heterocycles. The Bertz CT molecular complexity index is 667. The summed E-state index contributed by atoms with van der Waals surface area (Å²) >= 11 is 3.45. The van der Waals surface area contributed by atoms with Crippen LogP contribution in [-0.2, 0) is 9.84 Å². The molecule has 0 bridgehead atoms. The van der Waals surface area contributed by atoms with E-state index < -0.39 is 9.84 Å². The van der Waals surface area contributed by atoms with Gasteiger partial charge in [-0.3, -0.25) is 4.99 Å². The Hall–Kier alpha value is -0.550. The van der Waals surface area contributed by atoms with Gasteiger partial charge >= 0.3 is 0 Å². The summed E-state index contributed by atoms with van der Waals surface area (Å²) in [5.74, 6) is 0.953. The molecule has 6 nitrogen and oxygen atoms in total. The van der Waals surface area contributed by atoms with Crippen molar-refractivity contribution in [2.45, 2.75) is 19.4 Å². The number of aliphatic imine (C=N–C) groups is 1. The lowest BCUT2D eigenvalue weighted by molar-refractivity contribution is 0.595. The fourth-order valence-electron chi connectivity index (χ4n) is 2.62. The number of rotatable bonds is 6. The van der Waals surface area contributed by atoms with Crippen LogP contribution in [0.15, 0.2) is 33.7 Å². The van der Waals surface area contributed by atoms with E-state index in [1.54, 1.807) is 14.0 Å². The smallest absolute Gasteiger partial charge is 0.191 e. The van der Waals surface area contributed by atoms with Gasteiger partial charge in [-0.15, -0.1) is 24.0 Å². The lowest BCUT2D eigenvalue weighted by Gasteiger charge is -2.20. The lowest BCUT2D eigenvalue weighted by atomic mass is 10.3. The molecule has 1 atom stereocenters. The topological polar surface area (TPSA) is 73.8 Å². The standard InChI is InChI=1S/C16H25BrN4O2S.HI/c1-3-24(22,23)11-9-19-16(18-2)20-14-8-10-21(12-14)15-6-4-13(17)5-7-15;/h4-7,14H,3,8-12H2,1-2H3,(H2,18,19,20);1H. The molecule has 2 N–H and O–H groups in total. The summed E-state index contributed by atoms with van der Waals surface area (Å²) in [7, 11) is -1.26. The third kappa shape index (κ3) is 7.30. The molecule has 1 aromatic carbocycles. The quantitative estimate of drug-likeness (QED) is 0.326. The molecule has 1 heterocycles. The Morgan fingerprint density at radius 2 is 2.04 bits per heavy atom. The van der Waals surface area contributed by atoms with Gasteiger partial charge in [-0.1, -0.05) is 22.9 Å². The molecule has 0 radical (unpaired) electrons. The van der Waals surface area contributed by atoms with Gasteiger partial charge < -0.3 is 15.5 Å². The predicted octanol–water partition coefficient (Wildman–Crippen LogP) is 2.25. The van der Waals surface area contributed by atoms with Gasteiger partial charge in [-0.05, 0) is 30.7 Å². The molecular weight excluding hydrogens is 519 g/mol. The number of nitrogens with one attached hydrogen (secondary N) is 2. The summed E-state index contributed by atoms with van der Waals surface area (Å²) < 4.78 is 24.1. The average Bonchev–Trinajstić information content (AvgIpc) is 3.03. The lowest BCUT2D eigenvalue weighted by Crippen LogP contribution is -2.45. The van der Waals surface area contributed by atoms with E-state index in [4.69, 9.17) is 0 Å². The summed E-state index contributed by atoms with van der Waals surface area (Å²) in [6, 6.07) is 8.60. The van der Waals surface area contributed by atoms with Crippen LogP contribution in [0.5, 0.6) is 0 Å². The average molecular weight is 545 g/mol. The van der Waals surface area contributed by atoms with Gasteiger partial charge in [0.1, 0.15) is 0 Å². The molecule has 1 unspecified atom stereocenters. The summed E-state index contributed by atoms with van der Waals surface area (Å²) in [6.07, 6.45) is 1.02. The molecule has 9 heteroatoms. The molecule has 1 saturated heterocycles. The summed E-state index contributed by atoms with van der Waals surface area (Å²) in [4.78, 5) is 6.51. The van der Waals surface area contributed by atoms with Gasteiger partial charge in [-0.25, -0.2) is 8.42 Å². The van der Waals surface area contributed by atoms with E-state index in [0.29, 0.717) is 18.5 Å². The van der Waals surface area contributed by atoms with Crippen LogP contribution >= 0.6 is 39.9 Å². The highest BCUT2D eigenvalue weighted by atomic mass is 127. The van der Waals surface area contributed by atoms with Gasteiger partial charge in [0.15, 0.2) is 15.8 Å². The molecule has 142 valence electrons. The van der Waals surface area contributed by atoms with Crippen LogP contribution < -0.4 is 15.5 Å². The zero-order chi connectivity index (χ0) is 17.6. The molecular formula is C16H26BrIN4O2S. The molecule has 1 aliphatic rings. The normalized spacial score (nSPS) is 18.0. The van der Waals surface area contributed by atoms with Gasteiger partial charge in [0.2, 0.25) is 0 Å². The first-order valence-corrected chi connectivity index (χ1v) is 10.7. The van der Waals surface area contributed by atoms with Crippen LogP contribution in [0.4, 0.5) is 5.69 Å². The maximum absolute atomic E-state index is 11.5. The van der Waals surface area contributed by atoms with E-state index in [9.17, 15) is 8.42 Å². The third-order valence-electron chi connectivity index (χ3n) is 4.09. The second-order valence-corrected chi connectivity index (χ2v) is 9.18. The van der Waals surface area contributed by atoms with Crippen LogP contribution in [0.25, 0.3) is 0 Å². The SMILES string of the molecule is CCS(=O)(=O)CCNC(=NC)NC1CCN(c2ccc(Br)cc2)C1.I. The minimum absolute atomic E-state index is 0. The Morgan fingerprint density at radius 1 is 1.36 bits per heavy atom. The van der Waals surface area contributed by atoms with Crippen LogP contribution in [0, 0.1) is 0 Å². The molecule has 1 aliphatic heterocycles. The molecule has 0 aliphatic carbocycles. The van der Waals surface area contributed by atoms with Crippen molar-refractivity contribution in [1.29, 1.82) is 0 Å². The second kappa shape index (κ2) is 10.6. The number of halogens is 2. The molecule has 25 heavy (non-hydrogen) atoms. The van der Waals surface area contributed by atoms with E-state index >= 15 is 0 Å². The van der Waals surface area contributed by atoms with E-state index in [1.165, 1.54) is 5.69 Å². The van der Waals surface area contributed by atoms with Gasteiger partial charge in [-0.2, -0.15) is 0 Å². The van der Waals surface area contributed by atoms with Crippen molar-refractivity contribution in [3.63, 3.8) is 0 Å². The van der Waals surface area contributed by atoms with Gasteiger partial charge in [0.25, 0.3) is 0 Å². The third-order valence-corrected chi connectivity index (χ3v) is 6.32. The van der Waals surface area contributed by atoms with E-state index in [-0.39, 0.29) is 35.5 Å². The van der Waals surface area contributed by atoms with Crippen molar-refractivity contribution in [3.8, 4) is 0 Å². The van der Waals surface area contributed by atoms with Crippen LogP contribution in [-0.4, -0.2) is 58.6 Å². The van der Waals surface area contributed by atoms with Crippen LogP contribution in [0.1, 0.15) is 13.3 Å². The Balaban J connectivity index is 0.00000312. The van der Waals surface area contributed by atoms with E-state index in [1.807, 2.05) is 12.1 Å². The highest BCUT2D eigenvalue weighted by Crippen LogP contribution is 2.22. The molecule has 2 rings (SSSR count). The second-order valence-electron chi connectivity index (χ2n) is 5.79. The fourth-order valence-corrected chi connectivity index (χ4v) is 3.59. The monoisotopic (exact) mass is 544 g/mol. The zero-order valence-electron chi connectivity index (χ0n) is 14.5. The molecule has 0 saturated carbocycles. The van der Waals surface area contributed by atoms with E-state index in [2.05, 4.69) is 48.6 Å². The minimum Gasteiger partial charge on any atom is -0.369 e. The number of hydrogen-bond donors (Lipinski definition) is 2. The number of nitrogens with zero attached hydrogens (tertiary/aromatic N) is 2. The van der Waals surface area contributed by atoms with Gasteiger partial charge in [0.05, 0.1) is 5.75 Å². The Labute approximate surface area is 175 Å². The van der Waals surface area contributed by atoms with E-state index in [0.717, 1.165) is 24.0 Å². The summed E-state index contributed by atoms with van der Waals surface area (Å²) in [5, 5.41) is 6.46. The van der Waals surface area contributed by atoms with Crippen molar-refractivity contribution in [1.82, 2.24) is 10.6 Å². The van der Waals surface area contributed by atoms with Crippen molar-refractivity contribution < 1.29 is 8.42 Å². The fraction of sp³-hybridized carbons (Fsp3) is 0.562. The Morgan fingerprint density at radius 3 is 2.64 bits per heavy atom. The highest BCUT2D eigenvalue weighted by Gasteiger charge is 2.23. The first-order chi connectivity index (χ1) is 11.4. The highest BCUT2D eigenvalue weighted by molar-refractivity contribution is 14.0. The van der Waals surface area contributed by atoms with Crippen molar-refractivity contribution in [2.24, 2.45) is 4.99 Å². The number of anilines is 1. The summed E-state index contributed by atoms with van der Waals surface area (Å²) in [6.45, 7) is 3.92. The molecule has 0 spiro atoms. The molecule has 0 amide bonds. The summed E-state index contributed by atoms with van der Waals surface area (Å²) in [5.41, 5.74) is 1.21. The minimum atomic E-state index is -2.96. The number of sulfone groups is 1. The van der Waals surface area contributed by atoms with Gasteiger partial charge in [0, 0.05) is 48.6 Å².